The summed E-state index contributed by atoms with van der Waals surface area (Å²) < 4.78 is 10.2. The normalized spacial score (nSPS) is 13.4. The number of hydrogen-bond donors (Lipinski definition) is 2. The highest BCUT2D eigenvalue weighted by molar-refractivity contribution is 7.80. The van der Waals surface area contributed by atoms with Gasteiger partial charge in [-0.3, -0.25) is 0 Å². The van der Waals surface area contributed by atoms with E-state index >= 15 is 0 Å². The van der Waals surface area contributed by atoms with Crippen LogP contribution in [0.15, 0.2) is 30.3 Å². The molecule has 1 aromatic carbocycles. The zero-order valence-corrected chi connectivity index (χ0v) is 17.7. The minimum Gasteiger partial charge on any atom is -0.467 e. The van der Waals surface area contributed by atoms with Crippen LogP contribution >= 0.6 is 12.2 Å². The van der Waals surface area contributed by atoms with Crippen LogP contribution in [-0.4, -0.2) is 41.8 Å². The van der Waals surface area contributed by atoms with Crippen molar-refractivity contribution in [3.8, 4) is 0 Å². The molecular formula is C20H30N2O4S. The van der Waals surface area contributed by atoms with Crippen LogP contribution in [0.3, 0.4) is 0 Å². The summed E-state index contributed by atoms with van der Waals surface area (Å²) in [6.07, 6.45) is -0.0931. The monoisotopic (exact) mass is 394 g/mol. The number of rotatable bonds is 7. The first-order valence-corrected chi connectivity index (χ1v) is 9.36. The lowest BCUT2D eigenvalue weighted by molar-refractivity contribution is -0.143. The van der Waals surface area contributed by atoms with E-state index in [0.29, 0.717) is 11.4 Å². The lowest BCUT2D eigenvalue weighted by Gasteiger charge is -2.27. The highest BCUT2D eigenvalue weighted by Crippen LogP contribution is 2.11. The van der Waals surface area contributed by atoms with Crippen LogP contribution in [0.25, 0.3) is 0 Å². The summed E-state index contributed by atoms with van der Waals surface area (Å²) >= 11 is 5.51. The maximum absolute atomic E-state index is 12.3. The third-order valence-electron chi connectivity index (χ3n) is 3.71. The molecule has 0 fully saturated rings. The average Bonchev–Trinajstić information content (AvgIpc) is 2.57. The number of esters is 1. The number of ether oxygens (including phenoxy) is 2. The Morgan fingerprint density at radius 2 is 1.70 bits per heavy atom. The van der Waals surface area contributed by atoms with Crippen LogP contribution in [0.5, 0.6) is 0 Å². The number of hydrogen-bond acceptors (Lipinski definition) is 5. The van der Waals surface area contributed by atoms with E-state index in [1.807, 2.05) is 44.2 Å². The quantitative estimate of drug-likeness (QED) is 0.546. The average molecular weight is 395 g/mol. The molecule has 0 bridgehead atoms. The Morgan fingerprint density at radius 3 is 2.19 bits per heavy atom. The zero-order valence-electron chi connectivity index (χ0n) is 16.9. The van der Waals surface area contributed by atoms with Crippen molar-refractivity contribution >= 4 is 29.3 Å². The van der Waals surface area contributed by atoms with E-state index in [0.717, 1.165) is 5.56 Å². The lowest BCUT2D eigenvalue weighted by atomic mass is 10.0. The standard InChI is InChI=1S/C20H30N2O4S/c1-13(2)16(18(23)25-6)22-17(27)15(12-14-10-8-7-9-11-14)21-19(24)26-20(3,4)5/h7-11,13,15-16H,12H2,1-6H3,(H,21,24)(H,22,27)/t15-,16-/m0/s1. The van der Waals surface area contributed by atoms with E-state index in [2.05, 4.69) is 10.6 Å². The molecule has 150 valence electrons. The number of nitrogens with one attached hydrogen (secondary N) is 2. The predicted octanol–water partition coefficient (Wildman–Crippen LogP) is 3.24. The van der Waals surface area contributed by atoms with Gasteiger partial charge in [0.05, 0.1) is 18.1 Å². The molecule has 0 aliphatic heterocycles. The molecule has 0 radical (unpaired) electrons. The molecule has 1 rings (SSSR count). The van der Waals surface area contributed by atoms with E-state index in [4.69, 9.17) is 21.7 Å². The number of thiocarbonyl (C=S) groups is 1. The van der Waals surface area contributed by atoms with E-state index in [1.165, 1.54) is 7.11 Å². The molecule has 0 aliphatic carbocycles. The minimum absolute atomic E-state index is 0.0331. The van der Waals surface area contributed by atoms with Crippen LogP contribution < -0.4 is 10.6 Å². The van der Waals surface area contributed by atoms with Crippen molar-refractivity contribution in [1.82, 2.24) is 10.6 Å². The fourth-order valence-corrected chi connectivity index (χ4v) is 2.66. The van der Waals surface area contributed by atoms with E-state index in [1.54, 1.807) is 20.8 Å². The van der Waals surface area contributed by atoms with Crippen molar-refractivity contribution in [1.29, 1.82) is 0 Å². The van der Waals surface area contributed by atoms with Crippen molar-refractivity contribution in [3.63, 3.8) is 0 Å². The molecular weight excluding hydrogens is 364 g/mol. The van der Waals surface area contributed by atoms with Crippen molar-refractivity contribution in [3.05, 3.63) is 35.9 Å². The zero-order chi connectivity index (χ0) is 20.6. The largest absolute Gasteiger partial charge is 0.467 e. The first kappa shape index (κ1) is 22.9. The fourth-order valence-electron chi connectivity index (χ4n) is 2.39. The van der Waals surface area contributed by atoms with Gasteiger partial charge in [0.25, 0.3) is 0 Å². The topological polar surface area (TPSA) is 76.7 Å². The fraction of sp³-hybridized carbons (Fsp3) is 0.550. The Kier molecular flexibility index (Phi) is 8.69. The first-order chi connectivity index (χ1) is 12.5. The van der Waals surface area contributed by atoms with Crippen LogP contribution in [-0.2, 0) is 20.7 Å². The molecule has 0 saturated carbocycles. The molecule has 0 heterocycles. The summed E-state index contributed by atoms with van der Waals surface area (Å²) in [5.74, 6) is -0.433. The number of carbonyl (C=O) groups is 2. The summed E-state index contributed by atoms with van der Waals surface area (Å²) in [5, 5.41) is 5.85. The van der Waals surface area contributed by atoms with Gasteiger partial charge in [-0.2, -0.15) is 0 Å². The van der Waals surface area contributed by atoms with E-state index in [-0.39, 0.29) is 5.92 Å². The maximum atomic E-state index is 12.3. The Labute approximate surface area is 167 Å². The smallest absolute Gasteiger partial charge is 0.408 e. The summed E-state index contributed by atoms with van der Waals surface area (Å²) in [7, 11) is 1.34. The highest BCUT2D eigenvalue weighted by Gasteiger charge is 2.28. The molecule has 0 spiro atoms. The third-order valence-corrected chi connectivity index (χ3v) is 4.11. The van der Waals surface area contributed by atoms with Gasteiger partial charge in [0.15, 0.2) is 0 Å². The Hall–Kier alpha value is -2.15. The van der Waals surface area contributed by atoms with Crippen molar-refractivity contribution < 1.29 is 19.1 Å². The molecule has 0 aromatic heterocycles. The van der Waals surface area contributed by atoms with Crippen molar-refractivity contribution in [2.24, 2.45) is 5.92 Å². The molecule has 7 heteroatoms. The van der Waals surface area contributed by atoms with Gasteiger partial charge in [-0.05, 0) is 38.7 Å². The molecule has 1 aromatic rings. The second kappa shape index (κ2) is 10.3. The summed E-state index contributed by atoms with van der Waals surface area (Å²) in [5.41, 5.74) is 0.380. The highest BCUT2D eigenvalue weighted by atomic mass is 32.1. The first-order valence-electron chi connectivity index (χ1n) is 8.95. The number of benzene rings is 1. The van der Waals surface area contributed by atoms with Crippen LogP contribution in [0, 0.1) is 5.92 Å². The SMILES string of the molecule is COC(=O)[C@@H](NC(=S)[C@H](Cc1ccccc1)NC(=O)OC(C)(C)C)C(C)C. The maximum Gasteiger partial charge on any atom is 0.408 e. The Bertz CT molecular complexity index is 641. The molecule has 27 heavy (non-hydrogen) atoms. The van der Waals surface area contributed by atoms with Gasteiger partial charge < -0.3 is 20.1 Å². The van der Waals surface area contributed by atoms with Gasteiger partial charge in [0, 0.05) is 0 Å². The second-order valence-corrected chi connectivity index (χ2v) is 8.08. The molecule has 2 N–H and O–H groups in total. The predicted molar refractivity (Wildman–Crippen MR) is 110 cm³/mol. The summed E-state index contributed by atoms with van der Waals surface area (Å²) in [6, 6.07) is 8.54. The van der Waals surface area contributed by atoms with Gasteiger partial charge in [-0.1, -0.05) is 56.4 Å². The number of carbonyl (C=O) groups excluding carboxylic acids is 2. The Balaban J connectivity index is 2.95. The van der Waals surface area contributed by atoms with Gasteiger partial charge in [0.1, 0.15) is 11.6 Å². The number of amides is 1. The molecule has 0 aliphatic rings. The second-order valence-electron chi connectivity index (χ2n) is 7.64. The van der Waals surface area contributed by atoms with E-state index < -0.39 is 29.7 Å². The third kappa shape index (κ3) is 8.39. The van der Waals surface area contributed by atoms with Gasteiger partial charge in [-0.25, -0.2) is 9.59 Å². The van der Waals surface area contributed by atoms with Crippen molar-refractivity contribution in [2.75, 3.05) is 7.11 Å². The van der Waals surface area contributed by atoms with Gasteiger partial charge in [0.2, 0.25) is 0 Å². The van der Waals surface area contributed by atoms with E-state index in [9.17, 15) is 9.59 Å². The van der Waals surface area contributed by atoms with Gasteiger partial charge >= 0.3 is 12.1 Å². The van der Waals surface area contributed by atoms with Gasteiger partial charge in [-0.15, -0.1) is 0 Å². The molecule has 6 nitrogen and oxygen atoms in total. The van der Waals surface area contributed by atoms with Crippen LogP contribution in [0.4, 0.5) is 4.79 Å². The Morgan fingerprint density at radius 1 is 1.11 bits per heavy atom. The molecule has 1 amide bonds. The lowest BCUT2D eigenvalue weighted by Crippen LogP contribution is -2.53. The molecule has 2 atom stereocenters. The number of alkyl carbamates (subject to hydrolysis) is 1. The van der Waals surface area contributed by atoms with Crippen LogP contribution in [0.1, 0.15) is 40.2 Å². The summed E-state index contributed by atoms with van der Waals surface area (Å²) in [6.45, 7) is 9.17. The minimum atomic E-state index is -0.622. The molecule has 0 unspecified atom stereocenters. The molecule has 0 saturated heterocycles. The van der Waals surface area contributed by atoms with Crippen molar-refractivity contribution in [2.45, 2.75) is 58.7 Å². The number of methoxy groups -OCH3 is 1. The van der Waals surface area contributed by atoms with Crippen LogP contribution in [0.2, 0.25) is 0 Å². The summed E-state index contributed by atoms with van der Waals surface area (Å²) in [4.78, 5) is 24.6.